The van der Waals surface area contributed by atoms with Crippen molar-refractivity contribution in [2.45, 2.75) is 36.9 Å². The molecule has 182 valence electrons. The fraction of sp³-hybridized carbons (Fsp3) is 0.650. The van der Waals surface area contributed by atoms with Gasteiger partial charge in [-0.25, -0.2) is 13.6 Å². The molecule has 1 aromatic carbocycles. The summed E-state index contributed by atoms with van der Waals surface area (Å²) in [6.07, 6.45) is -3.20. The second-order valence-electron chi connectivity index (χ2n) is 7.80. The van der Waals surface area contributed by atoms with Crippen LogP contribution in [-0.2, 0) is 26.0 Å². The lowest BCUT2D eigenvalue weighted by molar-refractivity contribution is -0.174. The average molecular weight is 481 g/mol. The quantitative estimate of drug-likeness (QED) is 0.458. The number of hydrogen-bond acceptors (Lipinski definition) is 6. The number of amides is 1. The number of rotatable bonds is 11. The number of carbonyl (C=O) groups excluding carboxylic acids is 1. The van der Waals surface area contributed by atoms with Crippen LogP contribution in [0, 0.1) is 0 Å². The number of halogens is 3. The fourth-order valence-electron chi connectivity index (χ4n) is 3.44. The molecule has 1 fully saturated rings. The van der Waals surface area contributed by atoms with E-state index in [4.69, 9.17) is 5.14 Å². The molecule has 1 heterocycles. The van der Waals surface area contributed by atoms with Crippen molar-refractivity contribution < 1.29 is 31.1 Å². The third-order valence-electron chi connectivity index (χ3n) is 5.33. The highest BCUT2D eigenvalue weighted by Crippen LogP contribution is 2.14. The van der Waals surface area contributed by atoms with Gasteiger partial charge in [0.1, 0.15) is 6.61 Å². The predicted molar refractivity (Wildman–Crippen MR) is 113 cm³/mol. The topological polar surface area (TPSA) is 105 Å². The van der Waals surface area contributed by atoms with Crippen molar-refractivity contribution in [3.8, 4) is 0 Å². The summed E-state index contributed by atoms with van der Waals surface area (Å²) >= 11 is 0. The first kappa shape index (κ1) is 26.5. The van der Waals surface area contributed by atoms with Gasteiger partial charge in [-0.1, -0.05) is 12.1 Å². The van der Waals surface area contributed by atoms with Gasteiger partial charge in [0, 0.05) is 45.9 Å². The summed E-state index contributed by atoms with van der Waals surface area (Å²) in [7, 11) is -3.72. The van der Waals surface area contributed by atoms with E-state index in [2.05, 4.69) is 19.9 Å². The van der Waals surface area contributed by atoms with Crippen LogP contribution in [-0.4, -0.2) is 88.8 Å². The number of piperazine rings is 1. The molecular weight excluding hydrogens is 449 g/mol. The fourth-order valence-corrected chi connectivity index (χ4v) is 3.96. The van der Waals surface area contributed by atoms with Gasteiger partial charge in [0.05, 0.1) is 10.9 Å². The molecule has 0 aliphatic carbocycles. The van der Waals surface area contributed by atoms with E-state index in [9.17, 15) is 26.4 Å². The Labute approximate surface area is 186 Å². The number of nitrogens with zero attached hydrogens (tertiary/aromatic N) is 2. The Balaban J connectivity index is 1.63. The van der Waals surface area contributed by atoms with Gasteiger partial charge in [0.25, 0.3) is 0 Å². The highest BCUT2D eigenvalue weighted by atomic mass is 32.2. The minimum atomic E-state index is -4.29. The molecule has 32 heavy (non-hydrogen) atoms. The summed E-state index contributed by atoms with van der Waals surface area (Å²) in [4.78, 5) is 16.7. The van der Waals surface area contributed by atoms with Crippen molar-refractivity contribution in [3.63, 3.8) is 0 Å². The van der Waals surface area contributed by atoms with Crippen molar-refractivity contribution in [2.75, 3.05) is 52.5 Å². The molecule has 1 aliphatic rings. The minimum Gasteiger partial charge on any atom is -0.372 e. The summed E-state index contributed by atoms with van der Waals surface area (Å²) in [5.41, 5.74) is 0.887. The van der Waals surface area contributed by atoms with Gasteiger partial charge in [0.2, 0.25) is 15.9 Å². The van der Waals surface area contributed by atoms with E-state index in [0.717, 1.165) is 18.7 Å². The molecule has 0 radical (unpaired) electrons. The number of alkyl halides is 3. The highest BCUT2D eigenvalue weighted by molar-refractivity contribution is 7.89. The normalized spacial score (nSPS) is 17.3. The van der Waals surface area contributed by atoms with Crippen LogP contribution in [0.2, 0.25) is 0 Å². The lowest BCUT2D eigenvalue weighted by atomic mass is 10.1. The van der Waals surface area contributed by atoms with E-state index in [1.54, 1.807) is 12.1 Å². The summed E-state index contributed by atoms with van der Waals surface area (Å²) in [6, 6.07) is 5.93. The summed E-state index contributed by atoms with van der Waals surface area (Å²) < 4.78 is 63.3. The van der Waals surface area contributed by atoms with E-state index >= 15 is 0 Å². The SMILES string of the molecule is CC(C(=O)NCCc1ccc(S(N)(=O)=O)cc1)N1CCN(CCCOCC(F)(F)F)CC1. The van der Waals surface area contributed by atoms with E-state index < -0.39 is 22.8 Å². The molecule has 3 N–H and O–H groups in total. The Bertz CT molecular complexity index is 826. The van der Waals surface area contributed by atoms with E-state index in [-0.39, 0.29) is 23.5 Å². The zero-order valence-electron chi connectivity index (χ0n) is 18.1. The maximum Gasteiger partial charge on any atom is 0.411 e. The van der Waals surface area contributed by atoms with Gasteiger partial charge < -0.3 is 15.0 Å². The third kappa shape index (κ3) is 9.41. The number of benzene rings is 1. The molecule has 12 heteroatoms. The second kappa shape index (κ2) is 11.9. The highest BCUT2D eigenvalue weighted by Gasteiger charge is 2.27. The van der Waals surface area contributed by atoms with Crippen LogP contribution in [0.25, 0.3) is 0 Å². The van der Waals surface area contributed by atoms with Gasteiger partial charge in [-0.05, 0) is 37.5 Å². The predicted octanol–water partition coefficient (Wildman–Crippen LogP) is 0.968. The summed E-state index contributed by atoms with van der Waals surface area (Å²) in [6.45, 7) is 4.68. The van der Waals surface area contributed by atoms with Crippen molar-refractivity contribution >= 4 is 15.9 Å². The third-order valence-corrected chi connectivity index (χ3v) is 6.26. The van der Waals surface area contributed by atoms with Crippen LogP contribution in [0.15, 0.2) is 29.2 Å². The first-order valence-corrected chi connectivity index (χ1v) is 12.0. The molecule has 1 aliphatic heterocycles. The van der Waals surface area contributed by atoms with Crippen molar-refractivity contribution in [1.82, 2.24) is 15.1 Å². The van der Waals surface area contributed by atoms with Crippen molar-refractivity contribution in [3.05, 3.63) is 29.8 Å². The molecule has 1 saturated heterocycles. The molecule has 1 aromatic rings. The summed E-state index contributed by atoms with van der Waals surface area (Å²) in [5, 5.41) is 7.97. The molecule has 1 amide bonds. The van der Waals surface area contributed by atoms with E-state index in [1.807, 2.05) is 6.92 Å². The zero-order valence-corrected chi connectivity index (χ0v) is 18.9. The molecule has 8 nitrogen and oxygen atoms in total. The molecule has 0 spiro atoms. The van der Waals surface area contributed by atoms with Crippen molar-refractivity contribution in [2.24, 2.45) is 5.14 Å². The average Bonchev–Trinajstić information content (AvgIpc) is 2.72. The van der Waals surface area contributed by atoms with Crippen molar-refractivity contribution in [1.29, 1.82) is 0 Å². The van der Waals surface area contributed by atoms with Gasteiger partial charge in [-0.3, -0.25) is 9.69 Å². The van der Waals surface area contributed by atoms with Crippen LogP contribution in [0.5, 0.6) is 0 Å². The Kier molecular flexibility index (Phi) is 9.89. The number of sulfonamides is 1. The van der Waals surface area contributed by atoms with Gasteiger partial charge >= 0.3 is 6.18 Å². The van der Waals surface area contributed by atoms with E-state index in [0.29, 0.717) is 39.0 Å². The Morgan fingerprint density at radius 1 is 1.19 bits per heavy atom. The van der Waals surface area contributed by atoms with Crippen LogP contribution >= 0.6 is 0 Å². The largest absolute Gasteiger partial charge is 0.411 e. The standard InChI is InChI=1S/C20H31F3N4O4S/c1-16(19(28)25-8-7-17-3-5-18(6-4-17)32(24,29)30)27-12-10-26(11-13-27)9-2-14-31-15-20(21,22)23/h3-6,16H,2,7-15H2,1H3,(H,25,28)(H2,24,29,30). The molecule has 0 saturated carbocycles. The first-order valence-electron chi connectivity index (χ1n) is 10.5. The maximum atomic E-state index is 12.5. The number of carbonyl (C=O) groups is 1. The lowest BCUT2D eigenvalue weighted by Crippen LogP contribution is -2.54. The Morgan fingerprint density at radius 2 is 1.81 bits per heavy atom. The maximum absolute atomic E-state index is 12.5. The number of nitrogens with two attached hydrogens (primary N) is 1. The van der Waals surface area contributed by atoms with Crippen LogP contribution in [0.3, 0.4) is 0 Å². The van der Waals surface area contributed by atoms with Crippen LogP contribution in [0.1, 0.15) is 18.9 Å². The van der Waals surface area contributed by atoms with Gasteiger partial charge in [-0.15, -0.1) is 0 Å². The molecular formula is C20H31F3N4O4S. The van der Waals surface area contributed by atoms with Gasteiger partial charge in [0.15, 0.2) is 0 Å². The lowest BCUT2D eigenvalue weighted by Gasteiger charge is -2.37. The van der Waals surface area contributed by atoms with E-state index in [1.165, 1.54) is 12.1 Å². The molecule has 0 aromatic heterocycles. The first-order chi connectivity index (χ1) is 15.0. The Hall–Kier alpha value is -1.73. The Morgan fingerprint density at radius 3 is 2.38 bits per heavy atom. The summed E-state index contributed by atoms with van der Waals surface area (Å²) in [5.74, 6) is -0.0832. The second-order valence-corrected chi connectivity index (χ2v) is 9.37. The zero-order chi connectivity index (χ0) is 23.8. The molecule has 0 bridgehead atoms. The minimum absolute atomic E-state index is 0.0480. The number of ether oxygens (including phenoxy) is 1. The number of nitrogens with one attached hydrogen (secondary N) is 1. The monoisotopic (exact) mass is 480 g/mol. The van der Waals surface area contributed by atoms with Gasteiger partial charge in [-0.2, -0.15) is 13.2 Å². The van der Waals surface area contributed by atoms with Crippen LogP contribution in [0.4, 0.5) is 13.2 Å². The molecule has 1 unspecified atom stereocenters. The smallest absolute Gasteiger partial charge is 0.372 e. The van der Waals surface area contributed by atoms with Crippen LogP contribution < -0.4 is 10.5 Å². The molecule has 2 rings (SSSR count). The number of hydrogen-bond donors (Lipinski definition) is 2. The number of primary sulfonamides is 1. The molecule has 1 atom stereocenters.